The van der Waals surface area contributed by atoms with Crippen LogP contribution >= 0.6 is 0 Å². The molecule has 4 N–H and O–H groups in total. The van der Waals surface area contributed by atoms with Gasteiger partial charge < -0.3 is 16.2 Å². The van der Waals surface area contributed by atoms with Crippen LogP contribution in [0.15, 0.2) is 9.98 Å². The molecule has 1 amide bonds. The van der Waals surface area contributed by atoms with E-state index in [0.29, 0.717) is 12.3 Å². The summed E-state index contributed by atoms with van der Waals surface area (Å²) in [6.07, 6.45) is 1.53. The van der Waals surface area contributed by atoms with Gasteiger partial charge in [0.25, 0.3) is 0 Å². The molecular formula is C8H12N4O3. The third-order valence-electron chi connectivity index (χ3n) is 1.85. The summed E-state index contributed by atoms with van der Waals surface area (Å²) in [7, 11) is 0. The van der Waals surface area contributed by atoms with Gasteiger partial charge in [-0.15, -0.1) is 0 Å². The lowest BCUT2D eigenvalue weighted by atomic mass is 10.1. The summed E-state index contributed by atoms with van der Waals surface area (Å²) in [6.45, 7) is 0.162. The Labute approximate surface area is 86.1 Å². The van der Waals surface area contributed by atoms with E-state index in [9.17, 15) is 9.59 Å². The highest BCUT2D eigenvalue weighted by Crippen LogP contribution is 2.00. The Kier molecular flexibility index (Phi) is 3.92. The van der Waals surface area contributed by atoms with Gasteiger partial charge in [-0.2, -0.15) is 0 Å². The molecule has 1 aliphatic rings. The highest BCUT2D eigenvalue weighted by molar-refractivity contribution is 5.99. The van der Waals surface area contributed by atoms with Crippen LogP contribution < -0.4 is 11.1 Å². The number of aliphatic carboxylic acids is 1. The Morgan fingerprint density at radius 3 is 2.87 bits per heavy atom. The van der Waals surface area contributed by atoms with Crippen molar-refractivity contribution < 1.29 is 14.7 Å². The molecule has 0 saturated heterocycles. The number of carboxylic acids is 1. The van der Waals surface area contributed by atoms with Gasteiger partial charge in [-0.25, -0.2) is 9.79 Å². The van der Waals surface area contributed by atoms with Crippen molar-refractivity contribution in [3.05, 3.63) is 0 Å². The van der Waals surface area contributed by atoms with E-state index >= 15 is 0 Å². The van der Waals surface area contributed by atoms with Crippen molar-refractivity contribution in [1.29, 1.82) is 0 Å². The predicted molar refractivity (Wildman–Crippen MR) is 54.0 cm³/mol. The molecule has 0 aromatic rings. The molecule has 0 aliphatic carbocycles. The first-order chi connectivity index (χ1) is 7.13. The van der Waals surface area contributed by atoms with Gasteiger partial charge in [0.15, 0.2) is 0 Å². The molecule has 1 aliphatic heterocycles. The lowest BCUT2D eigenvalue weighted by Gasteiger charge is -2.13. The molecule has 7 heteroatoms. The van der Waals surface area contributed by atoms with Crippen LogP contribution in [0, 0.1) is 0 Å². The van der Waals surface area contributed by atoms with Crippen LogP contribution in [0.5, 0.6) is 0 Å². The van der Waals surface area contributed by atoms with Crippen molar-refractivity contribution in [3.63, 3.8) is 0 Å². The average Bonchev–Trinajstić information content (AvgIpc) is 2.69. The molecule has 0 fully saturated rings. The van der Waals surface area contributed by atoms with Gasteiger partial charge in [0.1, 0.15) is 12.4 Å². The molecule has 0 saturated carbocycles. The average molecular weight is 212 g/mol. The summed E-state index contributed by atoms with van der Waals surface area (Å²) < 4.78 is 0. The predicted octanol–water partition coefficient (Wildman–Crippen LogP) is -1.61. The Balaban J connectivity index is 2.51. The van der Waals surface area contributed by atoms with Crippen LogP contribution in [0.2, 0.25) is 0 Å². The molecule has 0 spiro atoms. The zero-order chi connectivity index (χ0) is 11.3. The minimum atomic E-state index is -1.11. The van der Waals surface area contributed by atoms with Crippen molar-refractivity contribution in [2.75, 3.05) is 13.1 Å². The molecule has 82 valence electrons. The van der Waals surface area contributed by atoms with Gasteiger partial charge in [0, 0.05) is 12.1 Å². The maximum atomic E-state index is 10.9. The zero-order valence-electron chi connectivity index (χ0n) is 8.01. The summed E-state index contributed by atoms with van der Waals surface area (Å²) in [5.74, 6) is -1.60. The number of rotatable bonds is 5. The van der Waals surface area contributed by atoms with Crippen LogP contribution in [0.1, 0.15) is 6.42 Å². The molecule has 1 rings (SSSR count). The molecule has 0 unspecified atom stereocenters. The molecule has 0 aromatic carbocycles. The Bertz CT molecular complexity index is 324. The van der Waals surface area contributed by atoms with Crippen molar-refractivity contribution in [1.82, 2.24) is 5.32 Å². The number of nitrogens with zero attached hydrogens (tertiary/aromatic N) is 2. The highest BCUT2D eigenvalue weighted by Gasteiger charge is 2.21. The summed E-state index contributed by atoms with van der Waals surface area (Å²) >= 11 is 0. The van der Waals surface area contributed by atoms with Crippen molar-refractivity contribution in [3.8, 4) is 0 Å². The van der Waals surface area contributed by atoms with Crippen molar-refractivity contribution >= 4 is 23.9 Å². The second-order valence-corrected chi connectivity index (χ2v) is 3.02. The second-order valence-electron chi connectivity index (χ2n) is 3.02. The van der Waals surface area contributed by atoms with E-state index in [-0.39, 0.29) is 13.0 Å². The van der Waals surface area contributed by atoms with E-state index in [1.54, 1.807) is 0 Å². The van der Waals surface area contributed by atoms with E-state index < -0.39 is 17.9 Å². The van der Waals surface area contributed by atoms with E-state index in [4.69, 9.17) is 10.8 Å². The number of nitrogens with two attached hydrogens (primary N) is 1. The van der Waals surface area contributed by atoms with Crippen molar-refractivity contribution in [2.24, 2.45) is 15.7 Å². The molecule has 0 radical (unpaired) electrons. The Hall–Kier alpha value is -1.76. The quantitative estimate of drug-likeness (QED) is 0.508. The first-order valence-electron chi connectivity index (χ1n) is 4.39. The summed E-state index contributed by atoms with van der Waals surface area (Å²) in [4.78, 5) is 29.4. The summed E-state index contributed by atoms with van der Waals surface area (Å²) in [6, 6.07) is -0.985. The molecule has 0 bridgehead atoms. The monoisotopic (exact) mass is 212 g/mol. The van der Waals surface area contributed by atoms with Gasteiger partial charge in [-0.3, -0.25) is 9.79 Å². The number of aliphatic imine (C=N–C) groups is 2. The van der Waals surface area contributed by atoms with Gasteiger partial charge in [-0.1, -0.05) is 0 Å². The third kappa shape index (κ3) is 3.47. The SMILES string of the molecule is NCC(=O)N[C@@H](CC1=NC=NC1)C(=O)O. The van der Waals surface area contributed by atoms with Crippen LogP contribution in [-0.4, -0.2) is 48.2 Å². The van der Waals surface area contributed by atoms with Gasteiger partial charge in [0.05, 0.1) is 13.1 Å². The number of carboxylic acid groups (broad SMARTS) is 1. The normalized spacial score (nSPS) is 15.9. The zero-order valence-corrected chi connectivity index (χ0v) is 8.01. The van der Waals surface area contributed by atoms with E-state index in [1.165, 1.54) is 6.34 Å². The topological polar surface area (TPSA) is 117 Å². The highest BCUT2D eigenvalue weighted by atomic mass is 16.4. The lowest BCUT2D eigenvalue weighted by Crippen LogP contribution is -2.44. The number of carbonyl (C=O) groups excluding carboxylic acids is 1. The van der Waals surface area contributed by atoms with Gasteiger partial charge in [-0.05, 0) is 0 Å². The first kappa shape index (κ1) is 11.3. The third-order valence-corrected chi connectivity index (χ3v) is 1.85. The van der Waals surface area contributed by atoms with Crippen LogP contribution in [0.25, 0.3) is 0 Å². The minimum absolute atomic E-state index is 0.154. The van der Waals surface area contributed by atoms with Gasteiger partial charge in [0.2, 0.25) is 5.91 Å². The smallest absolute Gasteiger partial charge is 0.326 e. The molecular weight excluding hydrogens is 200 g/mol. The molecule has 7 nitrogen and oxygen atoms in total. The maximum Gasteiger partial charge on any atom is 0.326 e. The van der Waals surface area contributed by atoms with Crippen LogP contribution in [0.3, 0.4) is 0 Å². The first-order valence-corrected chi connectivity index (χ1v) is 4.39. The number of amides is 1. The van der Waals surface area contributed by atoms with E-state index in [1.807, 2.05) is 0 Å². The fourth-order valence-corrected chi connectivity index (χ4v) is 1.12. The molecule has 1 heterocycles. The van der Waals surface area contributed by atoms with E-state index in [2.05, 4.69) is 15.3 Å². The fourth-order valence-electron chi connectivity index (χ4n) is 1.12. The fraction of sp³-hybridized carbons (Fsp3) is 0.500. The number of hydrogen-bond acceptors (Lipinski definition) is 5. The summed E-state index contributed by atoms with van der Waals surface area (Å²) in [5, 5.41) is 11.1. The standard InChI is InChI=1S/C8H12N4O3/c9-2-7(13)12-6(8(14)15)1-5-3-10-4-11-5/h4,6H,1-3,9H2,(H,12,13)(H,14,15)/t6-/m0/s1. The number of hydrogen-bond donors (Lipinski definition) is 3. The number of carbonyl (C=O) groups is 2. The maximum absolute atomic E-state index is 10.9. The van der Waals surface area contributed by atoms with Crippen molar-refractivity contribution in [2.45, 2.75) is 12.5 Å². The van der Waals surface area contributed by atoms with Crippen LogP contribution in [-0.2, 0) is 9.59 Å². The lowest BCUT2D eigenvalue weighted by molar-refractivity contribution is -0.141. The molecule has 15 heavy (non-hydrogen) atoms. The second kappa shape index (κ2) is 5.20. The van der Waals surface area contributed by atoms with E-state index in [0.717, 1.165) is 0 Å². The minimum Gasteiger partial charge on any atom is -0.480 e. The molecule has 0 aromatic heterocycles. The van der Waals surface area contributed by atoms with Gasteiger partial charge >= 0.3 is 5.97 Å². The Morgan fingerprint density at radius 2 is 2.40 bits per heavy atom. The van der Waals surface area contributed by atoms with Crippen LogP contribution in [0.4, 0.5) is 0 Å². The summed E-state index contributed by atoms with van der Waals surface area (Å²) in [5.41, 5.74) is 5.71. The Morgan fingerprint density at radius 1 is 1.67 bits per heavy atom. The largest absolute Gasteiger partial charge is 0.480 e. The molecule has 1 atom stereocenters. The number of nitrogens with one attached hydrogen (secondary N) is 1.